The van der Waals surface area contributed by atoms with Crippen LogP contribution in [0.1, 0.15) is 6.42 Å². The van der Waals surface area contributed by atoms with Gasteiger partial charge in [0.25, 0.3) is 0 Å². The Morgan fingerprint density at radius 2 is 2.12 bits per heavy atom. The molecule has 2 aromatic carbocycles. The molecule has 1 unspecified atom stereocenters. The predicted octanol–water partition coefficient (Wildman–Crippen LogP) is 3.67. The Labute approximate surface area is 154 Å². The summed E-state index contributed by atoms with van der Waals surface area (Å²) in [5, 5.41) is 0.551. The van der Waals surface area contributed by atoms with Crippen LogP contribution in [-0.4, -0.2) is 30.5 Å². The molecule has 2 heterocycles. The van der Waals surface area contributed by atoms with Crippen LogP contribution in [0.25, 0.3) is 22.6 Å². The second-order valence-corrected chi connectivity index (χ2v) is 6.49. The summed E-state index contributed by atoms with van der Waals surface area (Å²) < 4.78 is 10.5. The zero-order valence-corrected chi connectivity index (χ0v) is 14.7. The fourth-order valence-corrected chi connectivity index (χ4v) is 3.33. The number of methoxy groups -OCH3 is 1. The number of esters is 1. The molecule has 0 spiro atoms. The van der Waals surface area contributed by atoms with E-state index in [0.29, 0.717) is 39.8 Å². The van der Waals surface area contributed by atoms with E-state index in [2.05, 4.69) is 4.98 Å². The lowest BCUT2D eigenvalue weighted by molar-refractivity contribution is -0.145. The van der Waals surface area contributed by atoms with Crippen molar-refractivity contribution in [2.75, 3.05) is 18.6 Å². The maximum Gasteiger partial charge on any atom is 0.311 e. The first kappa shape index (κ1) is 16.6. The largest absolute Gasteiger partial charge is 0.469 e. The van der Waals surface area contributed by atoms with E-state index in [0.717, 1.165) is 0 Å². The van der Waals surface area contributed by atoms with E-state index >= 15 is 0 Å². The zero-order chi connectivity index (χ0) is 18.3. The Morgan fingerprint density at radius 1 is 1.31 bits per heavy atom. The van der Waals surface area contributed by atoms with Gasteiger partial charge in [0.2, 0.25) is 11.8 Å². The molecular weight excluding hydrogens is 356 g/mol. The molecule has 6 nitrogen and oxygen atoms in total. The summed E-state index contributed by atoms with van der Waals surface area (Å²) in [6, 6.07) is 12.6. The van der Waals surface area contributed by atoms with E-state index in [-0.39, 0.29) is 18.3 Å². The van der Waals surface area contributed by atoms with Crippen molar-refractivity contribution in [1.29, 1.82) is 0 Å². The number of aromatic nitrogens is 1. The van der Waals surface area contributed by atoms with Gasteiger partial charge >= 0.3 is 5.97 Å². The average molecular weight is 371 g/mol. The maximum absolute atomic E-state index is 12.3. The average Bonchev–Trinajstić information content (AvgIpc) is 3.24. The topological polar surface area (TPSA) is 72.6 Å². The highest BCUT2D eigenvalue weighted by Crippen LogP contribution is 2.33. The van der Waals surface area contributed by atoms with E-state index in [1.54, 1.807) is 29.2 Å². The van der Waals surface area contributed by atoms with Gasteiger partial charge in [-0.05, 0) is 30.3 Å². The molecule has 0 bridgehead atoms. The van der Waals surface area contributed by atoms with Gasteiger partial charge in [0, 0.05) is 18.7 Å². The summed E-state index contributed by atoms with van der Waals surface area (Å²) >= 11 is 6.20. The number of ether oxygens (including phenoxy) is 1. The highest BCUT2D eigenvalue weighted by Gasteiger charge is 2.36. The van der Waals surface area contributed by atoms with E-state index in [1.165, 1.54) is 7.11 Å². The molecule has 7 heteroatoms. The molecule has 132 valence electrons. The quantitative estimate of drug-likeness (QED) is 0.658. The van der Waals surface area contributed by atoms with Crippen molar-refractivity contribution in [2.24, 2.45) is 5.92 Å². The number of nitrogens with zero attached hydrogens (tertiary/aromatic N) is 2. The number of amides is 1. The van der Waals surface area contributed by atoms with Crippen molar-refractivity contribution in [3.05, 3.63) is 47.5 Å². The lowest BCUT2D eigenvalue weighted by Crippen LogP contribution is -2.26. The second-order valence-electron chi connectivity index (χ2n) is 6.08. The molecule has 26 heavy (non-hydrogen) atoms. The number of oxazole rings is 1. The van der Waals surface area contributed by atoms with Crippen LogP contribution in [-0.2, 0) is 14.3 Å². The van der Waals surface area contributed by atoms with Crippen LogP contribution >= 0.6 is 11.6 Å². The highest BCUT2D eigenvalue weighted by atomic mass is 35.5. The number of carbonyl (C=O) groups excluding carboxylic acids is 2. The predicted molar refractivity (Wildman–Crippen MR) is 96.9 cm³/mol. The van der Waals surface area contributed by atoms with Gasteiger partial charge in [-0.2, -0.15) is 0 Å². The van der Waals surface area contributed by atoms with Gasteiger partial charge in [-0.15, -0.1) is 0 Å². The summed E-state index contributed by atoms with van der Waals surface area (Å²) in [5.74, 6) is -0.513. The standard InChI is InChI=1S/C19H15ClN2O4/c1-25-19(24)11-8-17(23)22(10-11)12-6-7-16-15(9-12)21-18(26-16)13-4-2-3-5-14(13)20/h2-7,9,11H,8,10H2,1H3. The molecular formula is C19H15ClN2O4. The lowest BCUT2D eigenvalue weighted by Gasteiger charge is -2.16. The molecule has 1 amide bonds. The van der Waals surface area contributed by atoms with Gasteiger partial charge < -0.3 is 14.1 Å². The van der Waals surface area contributed by atoms with Crippen LogP contribution in [0, 0.1) is 5.92 Å². The zero-order valence-electron chi connectivity index (χ0n) is 13.9. The first-order valence-corrected chi connectivity index (χ1v) is 8.48. The van der Waals surface area contributed by atoms with Crippen molar-refractivity contribution in [3.63, 3.8) is 0 Å². The fourth-order valence-electron chi connectivity index (χ4n) is 3.12. The smallest absolute Gasteiger partial charge is 0.311 e. The minimum Gasteiger partial charge on any atom is -0.469 e. The lowest BCUT2D eigenvalue weighted by atomic mass is 10.1. The van der Waals surface area contributed by atoms with E-state index < -0.39 is 5.92 Å². The normalized spacial score (nSPS) is 17.1. The number of fused-ring (bicyclic) bond motifs is 1. The number of hydrogen-bond acceptors (Lipinski definition) is 5. The molecule has 4 rings (SSSR count). The third kappa shape index (κ3) is 2.82. The van der Waals surface area contributed by atoms with Crippen molar-refractivity contribution in [1.82, 2.24) is 4.98 Å². The molecule has 1 aliphatic heterocycles. The Morgan fingerprint density at radius 3 is 2.88 bits per heavy atom. The van der Waals surface area contributed by atoms with Gasteiger partial charge in [0.1, 0.15) is 5.52 Å². The van der Waals surface area contributed by atoms with Gasteiger partial charge in [0.15, 0.2) is 5.58 Å². The van der Waals surface area contributed by atoms with Gasteiger partial charge in [-0.1, -0.05) is 23.7 Å². The van der Waals surface area contributed by atoms with Crippen LogP contribution in [0.5, 0.6) is 0 Å². The monoisotopic (exact) mass is 370 g/mol. The summed E-state index contributed by atoms with van der Waals surface area (Å²) in [6.07, 6.45) is 0.147. The third-order valence-corrected chi connectivity index (χ3v) is 4.78. The molecule has 1 fully saturated rings. The van der Waals surface area contributed by atoms with Crippen molar-refractivity contribution in [2.45, 2.75) is 6.42 Å². The molecule has 1 saturated heterocycles. The Hall–Kier alpha value is -2.86. The number of rotatable bonds is 3. The molecule has 0 aliphatic carbocycles. The molecule has 1 atom stereocenters. The van der Waals surface area contributed by atoms with Gasteiger partial charge in [-0.25, -0.2) is 4.98 Å². The number of halogens is 1. The summed E-state index contributed by atoms with van der Waals surface area (Å²) in [7, 11) is 1.33. The first-order chi connectivity index (χ1) is 12.6. The number of anilines is 1. The van der Waals surface area contributed by atoms with Crippen molar-refractivity contribution >= 4 is 40.3 Å². The van der Waals surface area contributed by atoms with Crippen LogP contribution in [0.15, 0.2) is 46.9 Å². The Bertz CT molecular complexity index is 1010. The number of carbonyl (C=O) groups is 2. The minimum atomic E-state index is -0.445. The molecule has 0 saturated carbocycles. The number of hydrogen-bond donors (Lipinski definition) is 0. The number of benzene rings is 2. The van der Waals surface area contributed by atoms with Crippen LogP contribution in [0.3, 0.4) is 0 Å². The van der Waals surface area contributed by atoms with Gasteiger partial charge in [0.05, 0.1) is 23.6 Å². The highest BCUT2D eigenvalue weighted by molar-refractivity contribution is 6.33. The summed E-state index contributed by atoms with van der Waals surface area (Å²) in [6.45, 7) is 0.298. The SMILES string of the molecule is COC(=O)C1CC(=O)N(c2ccc3oc(-c4ccccc4Cl)nc3c2)C1. The van der Waals surface area contributed by atoms with Crippen LogP contribution in [0.2, 0.25) is 5.02 Å². The molecule has 1 aromatic heterocycles. The van der Waals surface area contributed by atoms with Crippen LogP contribution in [0.4, 0.5) is 5.69 Å². The van der Waals surface area contributed by atoms with Crippen LogP contribution < -0.4 is 4.90 Å². The third-order valence-electron chi connectivity index (χ3n) is 4.45. The van der Waals surface area contributed by atoms with Gasteiger partial charge in [-0.3, -0.25) is 9.59 Å². The maximum atomic E-state index is 12.3. The second kappa shape index (κ2) is 6.46. The Kier molecular flexibility index (Phi) is 4.12. The first-order valence-electron chi connectivity index (χ1n) is 8.10. The van der Waals surface area contributed by atoms with E-state index in [9.17, 15) is 9.59 Å². The minimum absolute atomic E-state index is 0.116. The Balaban J connectivity index is 1.67. The fraction of sp³-hybridized carbons (Fsp3) is 0.211. The summed E-state index contributed by atoms with van der Waals surface area (Å²) in [4.78, 5) is 30.0. The van der Waals surface area contributed by atoms with Crippen molar-refractivity contribution < 1.29 is 18.7 Å². The molecule has 0 radical (unpaired) electrons. The molecule has 1 aliphatic rings. The summed E-state index contributed by atoms with van der Waals surface area (Å²) in [5.41, 5.74) is 2.59. The molecule has 3 aromatic rings. The molecule has 0 N–H and O–H groups in total. The van der Waals surface area contributed by atoms with E-state index in [4.69, 9.17) is 20.8 Å². The van der Waals surface area contributed by atoms with E-state index in [1.807, 2.05) is 18.2 Å². The van der Waals surface area contributed by atoms with Crippen molar-refractivity contribution in [3.8, 4) is 11.5 Å².